The number of nitrogens with two attached hydrogens (primary N) is 1. The maximum absolute atomic E-state index is 5.41. The Morgan fingerprint density at radius 2 is 2.25 bits per heavy atom. The van der Waals surface area contributed by atoms with Crippen molar-refractivity contribution in [1.29, 1.82) is 0 Å². The van der Waals surface area contributed by atoms with Gasteiger partial charge in [-0.1, -0.05) is 12.2 Å². The van der Waals surface area contributed by atoms with Crippen LogP contribution in [0, 0.1) is 5.92 Å². The molecule has 1 aliphatic rings. The van der Waals surface area contributed by atoms with Gasteiger partial charge in [0.25, 0.3) is 0 Å². The van der Waals surface area contributed by atoms with E-state index in [9.17, 15) is 0 Å². The Morgan fingerprint density at radius 1 is 1.58 bits per heavy atom. The van der Waals surface area contributed by atoms with Crippen LogP contribution >= 0.6 is 12.2 Å². The van der Waals surface area contributed by atoms with Crippen molar-refractivity contribution in [2.75, 3.05) is 20.1 Å². The van der Waals surface area contributed by atoms with Gasteiger partial charge in [0.15, 0.2) is 0 Å². The Bertz CT molecular complexity index is 155. The van der Waals surface area contributed by atoms with Crippen molar-refractivity contribution in [3.05, 3.63) is 0 Å². The molecule has 0 radical (unpaired) electrons. The van der Waals surface area contributed by atoms with Gasteiger partial charge in [0.2, 0.25) is 0 Å². The molecule has 1 fully saturated rings. The predicted octanol–water partition coefficient (Wildman–Crippen LogP) is 1.39. The fraction of sp³-hybridized carbons (Fsp3) is 0.889. The summed E-state index contributed by atoms with van der Waals surface area (Å²) in [6, 6.07) is 0. The summed E-state index contributed by atoms with van der Waals surface area (Å²) in [6.45, 7) is 2.39. The van der Waals surface area contributed by atoms with Crippen molar-refractivity contribution in [1.82, 2.24) is 4.90 Å². The van der Waals surface area contributed by atoms with Crippen LogP contribution in [0.15, 0.2) is 0 Å². The molecular weight excluding hydrogens is 168 g/mol. The first-order valence-corrected chi connectivity index (χ1v) is 5.06. The van der Waals surface area contributed by atoms with E-state index in [1.807, 2.05) is 0 Å². The van der Waals surface area contributed by atoms with E-state index in [0.29, 0.717) is 4.99 Å². The van der Waals surface area contributed by atoms with Crippen molar-refractivity contribution in [3.8, 4) is 0 Å². The summed E-state index contributed by atoms with van der Waals surface area (Å²) in [5.74, 6) is 0.986. The first kappa shape index (κ1) is 9.93. The molecule has 0 aromatic heterocycles. The zero-order chi connectivity index (χ0) is 8.97. The molecule has 0 amide bonds. The lowest BCUT2D eigenvalue weighted by Crippen LogP contribution is -2.23. The number of hydrogen-bond acceptors (Lipinski definition) is 2. The summed E-state index contributed by atoms with van der Waals surface area (Å²) in [7, 11) is 2.18. The molecule has 3 heteroatoms. The third-order valence-electron chi connectivity index (χ3n) is 2.23. The monoisotopic (exact) mass is 186 g/mol. The van der Waals surface area contributed by atoms with Gasteiger partial charge < -0.3 is 10.6 Å². The first-order chi connectivity index (χ1) is 5.68. The molecule has 0 saturated heterocycles. The number of rotatable bonds is 6. The molecule has 0 heterocycles. The van der Waals surface area contributed by atoms with Gasteiger partial charge >= 0.3 is 0 Å². The van der Waals surface area contributed by atoms with Crippen LogP contribution in [-0.4, -0.2) is 30.0 Å². The average molecular weight is 186 g/mol. The molecule has 0 unspecified atom stereocenters. The Morgan fingerprint density at radius 3 is 2.75 bits per heavy atom. The molecule has 1 saturated carbocycles. The van der Waals surface area contributed by atoms with Gasteiger partial charge in [0.05, 0.1) is 4.99 Å². The Kier molecular flexibility index (Phi) is 3.95. The van der Waals surface area contributed by atoms with E-state index in [2.05, 4.69) is 11.9 Å². The van der Waals surface area contributed by atoms with Crippen molar-refractivity contribution in [3.63, 3.8) is 0 Å². The van der Waals surface area contributed by atoms with Crippen LogP contribution in [-0.2, 0) is 0 Å². The van der Waals surface area contributed by atoms with E-state index in [-0.39, 0.29) is 0 Å². The molecule has 0 aromatic rings. The Labute approximate surface area is 80.1 Å². The lowest BCUT2D eigenvalue weighted by molar-refractivity contribution is 0.318. The standard InChI is InChI=1S/C9H18N2S/c1-11(7-8-4-5-8)6-2-3-9(10)12/h8H,2-7H2,1H3,(H2,10,12). The quantitative estimate of drug-likeness (QED) is 0.636. The highest BCUT2D eigenvalue weighted by atomic mass is 32.1. The minimum absolute atomic E-state index is 0.648. The van der Waals surface area contributed by atoms with Crippen LogP contribution in [0.1, 0.15) is 25.7 Å². The minimum Gasteiger partial charge on any atom is -0.393 e. The van der Waals surface area contributed by atoms with Gasteiger partial charge in [-0.05, 0) is 45.2 Å². The average Bonchev–Trinajstić information content (AvgIpc) is 2.70. The summed E-state index contributed by atoms with van der Waals surface area (Å²) in [5.41, 5.74) is 5.41. The molecule has 12 heavy (non-hydrogen) atoms. The molecule has 0 atom stereocenters. The van der Waals surface area contributed by atoms with Crippen LogP contribution in [0.3, 0.4) is 0 Å². The molecule has 0 spiro atoms. The van der Waals surface area contributed by atoms with E-state index in [1.54, 1.807) is 0 Å². The molecule has 0 bridgehead atoms. The molecule has 2 N–H and O–H groups in total. The van der Waals surface area contributed by atoms with Crippen LogP contribution in [0.2, 0.25) is 0 Å². The normalized spacial score (nSPS) is 16.8. The first-order valence-electron chi connectivity index (χ1n) is 4.65. The van der Waals surface area contributed by atoms with Crippen LogP contribution in [0.5, 0.6) is 0 Å². The SMILES string of the molecule is CN(CCCC(N)=S)CC1CC1. The molecule has 0 aliphatic heterocycles. The maximum atomic E-state index is 5.41. The molecule has 0 aromatic carbocycles. The number of nitrogens with zero attached hydrogens (tertiary/aromatic N) is 1. The van der Waals surface area contributed by atoms with Gasteiger partial charge in [-0.2, -0.15) is 0 Å². The van der Waals surface area contributed by atoms with Gasteiger partial charge in [-0.15, -0.1) is 0 Å². The second kappa shape index (κ2) is 4.77. The molecule has 1 aliphatic carbocycles. The maximum Gasteiger partial charge on any atom is 0.0727 e. The molecule has 1 rings (SSSR count). The summed E-state index contributed by atoms with van der Waals surface area (Å²) >= 11 is 4.81. The topological polar surface area (TPSA) is 29.3 Å². The number of hydrogen-bond donors (Lipinski definition) is 1. The Hall–Kier alpha value is -0.150. The highest BCUT2D eigenvalue weighted by Gasteiger charge is 2.22. The zero-order valence-electron chi connectivity index (χ0n) is 7.75. The largest absolute Gasteiger partial charge is 0.393 e. The minimum atomic E-state index is 0.648. The van der Waals surface area contributed by atoms with Gasteiger partial charge in [0, 0.05) is 6.54 Å². The van der Waals surface area contributed by atoms with E-state index >= 15 is 0 Å². The zero-order valence-corrected chi connectivity index (χ0v) is 8.57. The van der Waals surface area contributed by atoms with Crippen molar-refractivity contribution in [2.45, 2.75) is 25.7 Å². The number of thiocarbonyl (C=S) groups is 1. The second-order valence-electron chi connectivity index (χ2n) is 3.78. The fourth-order valence-corrected chi connectivity index (χ4v) is 1.50. The predicted molar refractivity (Wildman–Crippen MR) is 56.2 cm³/mol. The van der Waals surface area contributed by atoms with E-state index in [4.69, 9.17) is 18.0 Å². The summed E-state index contributed by atoms with van der Waals surface area (Å²) < 4.78 is 0. The van der Waals surface area contributed by atoms with E-state index in [1.165, 1.54) is 19.4 Å². The van der Waals surface area contributed by atoms with Crippen molar-refractivity contribution < 1.29 is 0 Å². The van der Waals surface area contributed by atoms with Crippen LogP contribution < -0.4 is 5.73 Å². The van der Waals surface area contributed by atoms with Crippen molar-refractivity contribution in [2.24, 2.45) is 11.7 Å². The van der Waals surface area contributed by atoms with E-state index in [0.717, 1.165) is 25.3 Å². The third-order valence-corrected chi connectivity index (χ3v) is 2.43. The van der Waals surface area contributed by atoms with Crippen LogP contribution in [0.4, 0.5) is 0 Å². The van der Waals surface area contributed by atoms with Gasteiger partial charge in [-0.3, -0.25) is 0 Å². The Balaban J connectivity index is 1.93. The second-order valence-corrected chi connectivity index (χ2v) is 4.30. The molecular formula is C9H18N2S. The molecule has 2 nitrogen and oxygen atoms in total. The highest BCUT2D eigenvalue weighted by molar-refractivity contribution is 7.80. The third kappa shape index (κ3) is 4.67. The smallest absolute Gasteiger partial charge is 0.0727 e. The van der Waals surface area contributed by atoms with Crippen LogP contribution in [0.25, 0.3) is 0 Å². The fourth-order valence-electron chi connectivity index (χ4n) is 1.36. The summed E-state index contributed by atoms with van der Waals surface area (Å²) in [6.07, 6.45) is 4.86. The van der Waals surface area contributed by atoms with Gasteiger partial charge in [-0.25, -0.2) is 0 Å². The van der Waals surface area contributed by atoms with E-state index < -0.39 is 0 Å². The summed E-state index contributed by atoms with van der Waals surface area (Å²) in [5, 5.41) is 0. The van der Waals surface area contributed by atoms with Gasteiger partial charge in [0.1, 0.15) is 0 Å². The highest BCUT2D eigenvalue weighted by Crippen LogP contribution is 2.29. The lowest BCUT2D eigenvalue weighted by atomic mass is 10.3. The van der Waals surface area contributed by atoms with Crippen molar-refractivity contribution >= 4 is 17.2 Å². The lowest BCUT2D eigenvalue weighted by Gasteiger charge is -2.15. The molecule has 70 valence electrons. The summed E-state index contributed by atoms with van der Waals surface area (Å²) in [4.78, 5) is 3.03.